The molecule has 0 aliphatic carbocycles. The second-order valence-electron chi connectivity index (χ2n) is 5.63. The molecular formula is C15H20O4S. The van der Waals surface area contributed by atoms with Gasteiger partial charge >= 0.3 is 0 Å². The Morgan fingerprint density at radius 3 is 2.75 bits per heavy atom. The molecule has 1 N–H and O–H groups in total. The molecule has 20 heavy (non-hydrogen) atoms. The molecule has 1 unspecified atom stereocenters. The maximum Gasteiger partial charge on any atom is 0.189 e. The molecule has 0 amide bonds. The highest BCUT2D eigenvalue weighted by Gasteiger charge is 2.50. The SMILES string of the molecule is CC1(C)OC2OC[C@@H](SCc3ccccc3)[C@H](O)[C@H]2O1. The molecule has 3 rings (SSSR count). The van der Waals surface area contributed by atoms with Gasteiger partial charge in [0.25, 0.3) is 0 Å². The van der Waals surface area contributed by atoms with Gasteiger partial charge in [-0.05, 0) is 19.4 Å². The van der Waals surface area contributed by atoms with Crippen LogP contribution in [0.3, 0.4) is 0 Å². The van der Waals surface area contributed by atoms with Crippen LogP contribution in [-0.2, 0) is 20.0 Å². The molecule has 0 saturated carbocycles. The van der Waals surface area contributed by atoms with E-state index in [1.807, 2.05) is 32.0 Å². The number of aliphatic hydroxyl groups excluding tert-OH is 1. The Hall–Kier alpha value is -0.590. The third-order valence-corrected chi connectivity index (χ3v) is 4.88. The molecule has 2 aliphatic heterocycles. The Labute approximate surface area is 123 Å². The molecule has 4 atom stereocenters. The number of aliphatic hydroxyl groups is 1. The normalized spacial score (nSPS) is 35.8. The van der Waals surface area contributed by atoms with Crippen molar-refractivity contribution in [1.82, 2.24) is 0 Å². The second-order valence-corrected chi connectivity index (χ2v) is 6.86. The van der Waals surface area contributed by atoms with Gasteiger partial charge in [0.05, 0.1) is 18.0 Å². The summed E-state index contributed by atoms with van der Waals surface area (Å²) in [6, 6.07) is 10.2. The van der Waals surface area contributed by atoms with Crippen molar-refractivity contribution in [3.8, 4) is 0 Å². The van der Waals surface area contributed by atoms with Crippen LogP contribution in [0.1, 0.15) is 19.4 Å². The lowest BCUT2D eigenvalue weighted by atomic mass is 10.1. The van der Waals surface area contributed by atoms with Crippen LogP contribution in [0.4, 0.5) is 0 Å². The Morgan fingerprint density at radius 1 is 1.25 bits per heavy atom. The zero-order valence-corrected chi connectivity index (χ0v) is 12.5. The highest BCUT2D eigenvalue weighted by Crippen LogP contribution is 2.37. The highest BCUT2D eigenvalue weighted by molar-refractivity contribution is 7.99. The van der Waals surface area contributed by atoms with Gasteiger partial charge in [0.15, 0.2) is 12.1 Å². The minimum absolute atomic E-state index is 0.00829. The zero-order chi connectivity index (χ0) is 14.2. The van der Waals surface area contributed by atoms with E-state index in [0.717, 1.165) is 5.75 Å². The summed E-state index contributed by atoms with van der Waals surface area (Å²) in [5, 5.41) is 10.5. The molecule has 0 bridgehead atoms. The largest absolute Gasteiger partial charge is 0.389 e. The van der Waals surface area contributed by atoms with E-state index in [2.05, 4.69) is 12.1 Å². The molecule has 2 fully saturated rings. The maximum absolute atomic E-state index is 10.4. The van der Waals surface area contributed by atoms with E-state index in [1.54, 1.807) is 11.8 Å². The average Bonchev–Trinajstić information content (AvgIpc) is 2.75. The van der Waals surface area contributed by atoms with Crippen molar-refractivity contribution >= 4 is 11.8 Å². The van der Waals surface area contributed by atoms with Crippen molar-refractivity contribution < 1.29 is 19.3 Å². The van der Waals surface area contributed by atoms with E-state index in [4.69, 9.17) is 14.2 Å². The Balaban J connectivity index is 1.59. The molecule has 110 valence electrons. The summed E-state index contributed by atoms with van der Waals surface area (Å²) < 4.78 is 17.0. The van der Waals surface area contributed by atoms with Gasteiger partial charge in [-0.1, -0.05) is 30.3 Å². The minimum atomic E-state index is -0.685. The fourth-order valence-electron chi connectivity index (χ4n) is 2.54. The van der Waals surface area contributed by atoms with Crippen molar-refractivity contribution in [2.45, 2.75) is 49.1 Å². The summed E-state index contributed by atoms with van der Waals surface area (Å²) in [5.74, 6) is 0.170. The molecule has 2 aliphatic rings. The van der Waals surface area contributed by atoms with Gasteiger partial charge in [-0.2, -0.15) is 0 Å². The quantitative estimate of drug-likeness (QED) is 0.926. The van der Waals surface area contributed by atoms with Crippen molar-refractivity contribution in [2.24, 2.45) is 0 Å². The number of fused-ring (bicyclic) bond motifs is 1. The van der Waals surface area contributed by atoms with Gasteiger partial charge in [-0.25, -0.2) is 0 Å². The average molecular weight is 296 g/mol. The molecule has 1 aromatic carbocycles. The van der Waals surface area contributed by atoms with Crippen LogP contribution in [0.2, 0.25) is 0 Å². The van der Waals surface area contributed by atoms with Gasteiger partial charge in [-0.3, -0.25) is 0 Å². The molecule has 0 spiro atoms. The van der Waals surface area contributed by atoms with E-state index in [1.165, 1.54) is 5.56 Å². The van der Waals surface area contributed by atoms with Crippen molar-refractivity contribution in [3.05, 3.63) is 35.9 Å². The Morgan fingerprint density at radius 2 is 2.00 bits per heavy atom. The summed E-state index contributed by atoms with van der Waals surface area (Å²) in [4.78, 5) is 0. The third kappa shape index (κ3) is 3.02. The number of rotatable bonds is 3. The fraction of sp³-hybridized carbons (Fsp3) is 0.600. The second kappa shape index (κ2) is 5.66. The van der Waals surface area contributed by atoms with Gasteiger partial charge in [0.1, 0.15) is 6.10 Å². The van der Waals surface area contributed by atoms with E-state index >= 15 is 0 Å². The van der Waals surface area contributed by atoms with E-state index in [9.17, 15) is 5.11 Å². The van der Waals surface area contributed by atoms with Crippen molar-refractivity contribution in [1.29, 1.82) is 0 Å². The van der Waals surface area contributed by atoms with E-state index in [-0.39, 0.29) is 5.25 Å². The Bertz CT molecular complexity index is 450. The van der Waals surface area contributed by atoms with Crippen LogP contribution < -0.4 is 0 Å². The summed E-state index contributed by atoms with van der Waals surface area (Å²) in [5.41, 5.74) is 1.25. The van der Waals surface area contributed by atoms with E-state index in [0.29, 0.717) is 6.61 Å². The van der Waals surface area contributed by atoms with Crippen LogP contribution in [0.25, 0.3) is 0 Å². The van der Waals surface area contributed by atoms with Gasteiger partial charge in [0.2, 0.25) is 0 Å². The maximum atomic E-state index is 10.4. The van der Waals surface area contributed by atoms with Crippen molar-refractivity contribution in [3.63, 3.8) is 0 Å². The number of thioether (sulfide) groups is 1. The lowest BCUT2D eigenvalue weighted by Crippen LogP contribution is -2.50. The van der Waals surface area contributed by atoms with Crippen molar-refractivity contribution in [2.75, 3.05) is 6.61 Å². The highest BCUT2D eigenvalue weighted by atomic mass is 32.2. The lowest BCUT2D eigenvalue weighted by Gasteiger charge is -2.34. The topological polar surface area (TPSA) is 47.9 Å². The van der Waals surface area contributed by atoms with Crippen LogP contribution in [-0.4, -0.2) is 41.2 Å². The number of hydrogen-bond donors (Lipinski definition) is 1. The molecule has 5 heteroatoms. The Kier molecular flexibility index (Phi) is 4.06. The molecule has 0 radical (unpaired) electrons. The van der Waals surface area contributed by atoms with Gasteiger partial charge < -0.3 is 19.3 Å². The lowest BCUT2D eigenvalue weighted by molar-refractivity contribution is -0.193. The fourth-order valence-corrected chi connectivity index (χ4v) is 3.67. The van der Waals surface area contributed by atoms with Crippen LogP contribution in [0.5, 0.6) is 0 Å². The first-order chi connectivity index (χ1) is 9.55. The predicted octanol–water partition coefficient (Wildman–Crippen LogP) is 2.16. The smallest absolute Gasteiger partial charge is 0.189 e. The molecule has 1 aromatic rings. The predicted molar refractivity (Wildman–Crippen MR) is 77.3 cm³/mol. The van der Waals surface area contributed by atoms with Crippen LogP contribution in [0, 0.1) is 0 Å². The van der Waals surface area contributed by atoms with Crippen LogP contribution in [0.15, 0.2) is 30.3 Å². The standard InChI is InChI=1S/C15H20O4S/c1-15(2)18-13-12(16)11(8-17-14(13)19-15)20-9-10-6-4-3-5-7-10/h3-7,11-14,16H,8-9H2,1-2H3/t11-,12+,13-,14?/m1/s1. The molecule has 2 heterocycles. The summed E-state index contributed by atoms with van der Waals surface area (Å²) in [6.07, 6.45) is -1.41. The number of ether oxygens (including phenoxy) is 3. The minimum Gasteiger partial charge on any atom is -0.389 e. The number of benzene rings is 1. The molecule has 0 aromatic heterocycles. The first-order valence-electron chi connectivity index (χ1n) is 6.86. The van der Waals surface area contributed by atoms with Gasteiger partial charge in [-0.15, -0.1) is 11.8 Å². The summed E-state index contributed by atoms with van der Waals surface area (Å²) >= 11 is 1.70. The molecule has 2 saturated heterocycles. The summed E-state index contributed by atoms with van der Waals surface area (Å²) in [6.45, 7) is 4.17. The van der Waals surface area contributed by atoms with E-state index < -0.39 is 24.3 Å². The third-order valence-electron chi connectivity index (χ3n) is 3.54. The zero-order valence-electron chi connectivity index (χ0n) is 11.7. The van der Waals surface area contributed by atoms with Gasteiger partial charge in [0, 0.05) is 5.75 Å². The molecular weight excluding hydrogens is 276 g/mol. The summed E-state index contributed by atoms with van der Waals surface area (Å²) in [7, 11) is 0. The first kappa shape index (κ1) is 14.4. The first-order valence-corrected chi connectivity index (χ1v) is 7.91. The molecule has 4 nitrogen and oxygen atoms in total. The number of hydrogen-bond acceptors (Lipinski definition) is 5. The monoisotopic (exact) mass is 296 g/mol. The van der Waals surface area contributed by atoms with Crippen LogP contribution >= 0.6 is 11.8 Å².